The monoisotopic (exact) mass is 256 g/mol. The first kappa shape index (κ1) is 14.0. The smallest absolute Gasteiger partial charge is 0.173 e. The molecule has 1 atom stereocenters. The lowest BCUT2D eigenvalue weighted by molar-refractivity contribution is -0.124. The van der Waals surface area contributed by atoms with Crippen molar-refractivity contribution in [2.24, 2.45) is 5.92 Å². The molecule has 1 unspecified atom stereocenters. The van der Waals surface area contributed by atoms with Crippen LogP contribution in [-0.4, -0.2) is 26.1 Å². The number of benzene rings is 1. The molecule has 0 fully saturated rings. The first-order valence-electron chi connectivity index (χ1n) is 5.53. The van der Waals surface area contributed by atoms with E-state index in [1.807, 2.05) is 6.92 Å². The number of Topliss-reactive ketones (excluding diaryl/α,β-unsaturated/α-hetero) is 1. The minimum atomic E-state index is -0.0396. The van der Waals surface area contributed by atoms with Crippen molar-refractivity contribution in [1.82, 2.24) is 0 Å². The van der Waals surface area contributed by atoms with Gasteiger partial charge in [0, 0.05) is 24.7 Å². The topological polar surface area (TPSA) is 35.5 Å². The van der Waals surface area contributed by atoms with Crippen LogP contribution in [0.25, 0.3) is 0 Å². The Morgan fingerprint density at radius 2 is 2.00 bits per heavy atom. The Kier molecular flexibility index (Phi) is 6.01. The molecule has 0 aromatic heterocycles. The van der Waals surface area contributed by atoms with E-state index in [2.05, 4.69) is 0 Å². The van der Waals surface area contributed by atoms with E-state index in [0.29, 0.717) is 17.4 Å². The molecular formula is C13H17ClO3. The van der Waals surface area contributed by atoms with Gasteiger partial charge in [0.2, 0.25) is 0 Å². The molecule has 1 aromatic carbocycles. The van der Waals surface area contributed by atoms with Gasteiger partial charge in [0.15, 0.2) is 5.78 Å². The third kappa shape index (κ3) is 5.20. The molecule has 0 saturated carbocycles. The summed E-state index contributed by atoms with van der Waals surface area (Å²) >= 11 is 5.75. The Bertz CT molecular complexity index is 348. The fourth-order valence-corrected chi connectivity index (χ4v) is 1.41. The summed E-state index contributed by atoms with van der Waals surface area (Å²) in [4.78, 5) is 11.7. The SMILES string of the molecule is COCCC(C)C(=O)COc1ccc(Cl)cc1. The van der Waals surface area contributed by atoms with Gasteiger partial charge < -0.3 is 9.47 Å². The van der Waals surface area contributed by atoms with Gasteiger partial charge in [-0.05, 0) is 30.7 Å². The van der Waals surface area contributed by atoms with E-state index in [-0.39, 0.29) is 18.3 Å². The predicted octanol–water partition coefficient (Wildman–Crippen LogP) is 2.96. The van der Waals surface area contributed by atoms with Crippen LogP contribution in [0.5, 0.6) is 5.75 Å². The van der Waals surface area contributed by atoms with Crippen LogP contribution in [0, 0.1) is 5.92 Å². The van der Waals surface area contributed by atoms with Crippen LogP contribution in [-0.2, 0) is 9.53 Å². The summed E-state index contributed by atoms with van der Waals surface area (Å²) < 4.78 is 10.3. The van der Waals surface area contributed by atoms with E-state index in [9.17, 15) is 4.79 Å². The van der Waals surface area contributed by atoms with E-state index < -0.39 is 0 Å². The van der Waals surface area contributed by atoms with Gasteiger partial charge in [0.1, 0.15) is 12.4 Å². The van der Waals surface area contributed by atoms with Gasteiger partial charge in [-0.2, -0.15) is 0 Å². The third-order valence-electron chi connectivity index (χ3n) is 2.50. The maximum atomic E-state index is 11.7. The van der Waals surface area contributed by atoms with Crippen LogP contribution < -0.4 is 4.74 Å². The zero-order valence-electron chi connectivity index (χ0n) is 10.1. The lowest BCUT2D eigenvalue weighted by Crippen LogP contribution is -2.20. The van der Waals surface area contributed by atoms with Crippen molar-refractivity contribution in [3.63, 3.8) is 0 Å². The third-order valence-corrected chi connectivity index (χ3v) is 2.75. The fourth-order valence-electron chi connectivity index (χ4n) is 1.28. The van der Waals surface area contributed by atoms with Gasteiger partial charge in [-0.15, -0.1) is 0 Å². The first-order valence-corrected chi connectivity index (χ1v) is 5.91. The molecule has 0 amide bonds. The van der Waals surface area contributed by atoms with Crippen molar-refractivity contribution in [1.29, 1.82) is 0 Å². The van der Waals surface area contributed by atoms with Crippen LogP contribution in [0.3, 0.4) is 0 Å². The fraction of sp³-hybridized carbons (Fsp3) is 0.462. The molecule has 0 aliphatic rings. The van der Waals surface area contributed by atoms with Crippen molar-refractivity contribution < 1.29 is 14.3 Å². The summed E-state index contributed by atoms with van der Waals surface area (Å²) in [6.07, 6.45) is 0.722. The molecule has 0 spiro atoms. The molecular weight excluding hydrogens is 240 g/mol. The molecule has 0 radical (unpaired) electrons. The van der Waals surface area contributed by atoms with Crippen molar-refractivity contribution in [2.75, 3.05) is 20.3 Å². The van der Waals surface area contributed by atoms with Gasteiger partial charge in [-0.1, -0.05) is 18.5 Å². The lowest BCUT2D eigenvalue weighted by atomic mass is 10.0. The lowest BCUT2D eigenvalue weighted by Gasteiger charge is -2.10. The number of ether oxygens (including phenoxy) is 2. The normalized spacial score (nSPS) is 12.2. The molecule has 0 heterocycles. The second kappa shape index (κ2) is 7.30. The van der Waals surface area contributed by atoms with Gasteiger partial charge in [-0.3, -0.25) is 4.79 Å². The van der Waals surface area contributed by atoms with E-state index in [1.165, 1.54) is 0 Å². The summed E-state index contributed by atoms with van der Waals surface area (Å²) in [5, 5.41) is 0.650. The summed E-state index contributed by atoms with van der Waals surface area (Å²) in [6, 6.07) is 6.95. The molecule has 3 nitrogen and oxygen atoms in total. The number of halogens is 1. The standard InChI is InChI=1S/C13H17ClO3/c1-10(7-8-16-2)13(15)9-17-12-5-3-11(14)4-6-12/h3-6,10H,7-9H2,1-2H3. The summed E-state index contributed by atoms with van der Waals surface area (Å²) in [6.45, 7) is 2.56. The molecule has 0 aliphatic carbocycles. The highest BCUT2D eigenvalue weighted by molar-refractivity contribution is 6.30. The first-order chi connectivity index (χ1) is 8.13. The van der Waals surface area contributed by atoms with E-state index in [1.54, 1.807) is 31.4 Å². The maximum absolute atomic E-state index is 11.7. The van der Waals surface area contributed by atoms with Crippen molar-refractivity contribution >= 4 is 17.4 Å². The number of hydrogen-bond donors (Lipinski definition) is 0. The predicted molar refractivity (Wildman–Crippen MR) is 67.6 cm³/mol. The number of hydrogen-bond acceptors (Lipinski definition) is 3. The molecule has 94 valence electrons. The molecule has 0 bridgehead atoms. The van der Waals surface area contributed by atoms with Crippen LogP contribution in [0.2, 0.25) is 5.02 Å². The zero-order valence-corrected chi connectivity index (χ0v) is 10.9. The molecule has 0 aliphatic heterocycles. The minimum absolute atomic E-state index is 0.0396. The van der Waals surface area contributed by atoms with Crippen molar-refractivity contribution in [3.05, 3.63) is 29.3 Å². The van der Waals surface area contributed by atoms with Crippen molar-refractivity contribution in [3.8, 4) is 5.75 Å². The average Bonchev–Trinajstić information content (AvgIpc) is 2.34. The second-order valence-corrected chi connectivity index (χ2v) is 4.33. The van der Waals surface area contributed by atoms with E-state index in [4.69, 9.17) is 21.1 Å². The Hall–Kier alpha value is -1.06. The number of ketones is 1. The molecule has 4 heteroatoms. The summed E-state index contributed by atoms with van der Waals surface area (Å²) in [7, 11) is 1.63. The van der Waals surface area contributed by atoms with Crippen LogP contribution in [0.1, 0.15) is 13.3 Å². The highest BCUT2D eigenvalue weighted by atomic mass is 35.5. The Morgan fingerprint density at radius 1 is 1.35 bits per heavy atom. The summed E-state index contributed by atoms with van der Waals surface area (Å²) in [5.41, 5.74) is 0. The van der Waals surface area contributed by atoms with E-state index in [0.717, 1.165) is 6.42 Å². The molecule has 0 N–H and O–H groups in total. The molecule has 1 aromatic rings. The molecule has 0 saturated heterocycles. The summed E-state index contributed by atoms with van der Waals surface area (Å²) in [5.74, 6) is 0.695. The highest BCUT2D eigenvalue weighted by Crippen LogP contribution is 2.16. The van der Waals surface area contributed by atoms with E-state index >= 15 is 0 Å². The highest BCUT2D eigenvalue weighted by Gasteiger charge is 2.13. The Morgan fingerprint density at radius 3 is 2.59 bits per heavy atom. The van der Waals surface area contributed by atoms with Gasteiger partial charge in [0.05, 0.1) is 0 Å². The number of methoxy groups -OCH3 is 1. The minimum Gasteiger partial charge on any atom is -0.486 e. The number of carbonyl (C=O) groups is 1. The Labute approximate surface area is 107 Å². The quantitative estimate of drug-likeness (QED) is 0.752. The van der Waals surface area contributed by atoms with Crippen LogP contribution in [0.4, 0.5) is 0 Å². The van der Waals surface area contributed by atoms with Gasteiger partial charge in [0.25, 0.3) is 0 Å². The average molecular weight is 257 g/mol. The number of carbonyl (C=O) groups excluding carboxylic acids is 1. The second-order valence-electron chi connectivity index (χ2n) is 3.89. The van der Waals surface area contributed by atoms with Gasteiger partial charge in [-0.25, -0.2) is 0 Å². The maximum Gasteiger partial charge on any atom is 0.173 e. The van der Waals surface area contributed by atoms with Crippen LogP contribution >= 0.6 is 11.6 Å². The zero-order chi connectivity index (χ0) is 12.7. The molecule has 17 heavy (non-hydrogen) atoms. The van der Waals surface area contributed by atoms with Crippen LogP contribution in [0.15, 0.2) is 24.3 Å². The Balaban J connectivity index is 2.34. The molecule has 1 rings (SSSR count). The van der Waals surface area contributed by atoms with Crippen molar-refractivity contribution in [2.45, 2.75) is 13.3 Å². The number of rotatable bonds is 7. The largest absolute Gasteiger partial charge is 0.486 e. The van der Waals surface area contributed by atoms with Gasteiger partial charge >= 0.3 is 0 Å².